The van der Waals surface area contributed by atoms with Crippen LogP contribution in [0.15, 0.2) is 35.1 Å². The van der Waals surface area contributed by atoms with Gasteiger partial charge in [0.05, 0.1) is 12.0 Å². The number of hydrogen-bond donors (Lipinski definition) is 1. The summed E-state index contributed by atoms with van der Waals surface area (Å²) >= 11 is 0. The van der Waals surface area contributed by atoms with Crippen LogP contribution in [0.4, 0.5) is 5.69 Å². The Morgan fingerprint density at radius 1 is 1.32 bits per heavy atom. The zero-order chi connectivity index (χ0) is 17.1. The number of aromatic nitrogens is 3. The van der Waals surface area contributed by atoms with E-state index in [1.165, 1.54) is 25.7 Å². The number of nitrogens with one attached hydrogen (secondary N) is 1. The molecule has 1 fully saturated rings. The summed E-state index contributed by atoms with van der Waals surface area (Å²) in [5.41, 5.74) is 2.87. The van der Waals surface area contributed by atoms with Gasteiger partial charge >= 0.3 is 0 Å². The van der Waals surface area contributed by atoms with E-state index in [2.05, 4.69) is 14.9 Å². The van der Waals surface area contributed by atoms with E-state index in [1.54, 1.807) is 13.4 Å². The van der Waals surface area contributed by atoms with Crippen molar-refractivity contribution >= 4 is 16.9 Å². The highest BCUT2D eigenvalue weighted by Crippen LogP contribution is 2.37. The fourth-order valence-electron chi connectivity index (χ4n) is 3.66. The molecule has 132 valence electrons. The molecule has 4 rings (SSSR count). The molecule has 0 radical (unpaired) electrons. The van der Waals surface area contributed by atoms with Gasteiger partial charge in [0, 0.05) is 32.5 Å². The maximum atomic E-state index is 5.65. The van der Waals surface area contributed by atoms with Gasteiger partial charge in [-0.1, -0.05) is 12.8 Å². The van der Waals surface area contributed by atoms with Crippen LogP contribution in [0.2, 0.25) is 0 Å². The van der Waals surface area contributed by atoms with Crippen LogP contribution in [0.25, 0.3) is 22.7 Å². The Hall–Kier alpha value is -2.34. The average molecular weight is 340 g/mol. The molecule has 0 aliphatic heterocycles. The quantitative estimate of drug-likeness (QED) is 0.651. The molecular weight excluding hydrogens is 316 g/mol. The summed E-state index contributed by atoms with van der Waals surface area (Å²) in [6.45, 7) is 1.59. The van der Waals surface area contributed by atoms with Crippen LogP contribution in [0.5, 0.6) is 0 Å². The SMILES string of the molecule is COCCCNc1ccnc2c1nc(-c1ccco1)n2C1CCCC1. The lowest BCUT2D eigenvalue weighted by molar-refractivity contribution is 0.198. The van der Waals surface area contributed by atoms with Crippen LogP contribution in [0, 0.1) is 0 Å². The van der Waals surface area contributed by atoms with Gasteiger partial charge in [-0.15, -0.1) is 0 Å². The summed E-state index contributed by atoms with van der Waals surface area (Å²) in [4.78, 5) is 9.57. The Bertz CT molecular complexity index is 819. The summed E-state index contributed by atoms with van der Waals surface area (Å²) in [5.74, 6) is 1.68. The first kappa shape index (κ1) is 16.1. The lowest BCUT2D eigenvalue weighted by Gasteiger charge is -2.14. The number of imidazole rings is 1. The topological polar surface area (TPSA) is 65.1 Å². The molecule has 0 aromatic carbocycles. The Morgan fingerprint density at radius 3 is 2.96 bits per heavy atom. The summed E-state index contributed by atoms with van der Waals surface area (Å²) in [7, 11) is 1.73. The van der Waals surface area contributed by atoms with Gasteiger partial charge in [0.1, 0.15) is 5.52 Å². The average Bonchev–Trinajstić information content (AvgIpc) is 3.38. The molecule has 25 heavy (non-hydrogen) atoms. The number of pyridine rings is 1. The monoisotopic (exact) mass is 340 g/mol. The summed E-state index contributed by atoms with van der Waals surface area (Å²) in [6.07, 6.45) is 9.38. The third-order valence-corrected chi connectivity index (χ3v) is 4.85. The van der Waals surface area contributed by atoms with E-state index in [1.807, 2.05) is 24.4 Å². The van der Waals surface area contributed by atoms with E-state index in [0.717, 1.165) is 48.0 Å². The van der Waals surface area contributed by atoms with Crippen molar-refractivity contribution < 1.29 is 9.15 Å². The Kier molecular flexibility index (Phi) is 4.70. The first-order chi connectivity index (χ1) is 12.4. The predicted octanol–water partition coefficient (Wildman–Crippen LogP) is 4.25. The standard InChI is InChI=1S/C19H24N4O2/c1-24-12-5-10-20-15-9-11-21-19-17(15)22-18(16-8-4-13-25-16)23(19)14-6-2-3-7-14/h4,8-9,11,13-14H,2-3,5-7,10,12H2,1H3,(H,20,21). The van der Waals surface area contributed by atoms with Crippen molar-refractivity contribution in [3.63, 3.8) is 0 Å². The molecule has 1 saturated carbocycles. The van der Waals surface area contributed by atoms with Gasteiger partial charge in [0.25, 0.3) is 0 Å². The second-order valence-electron chi connectivity index (χ2n) is 6.52. The molecule has 0 amide bonds. The van der Waals surface area contributed by atoms with Crippen molar-refractivity contribution in [3.8, 4) is 11.6 Å². The van der Waals surface area contributed by atoms with Crippen LogP contribution in [0.1, 0.15) is 38.1 Å². The Labute approximate surface area is 147 Å². The number of furan rings is 1. The van der Waals surface area contributed by atoms with Gasteiger partial charge in [-0.05, 0) is 37.5 Å². The molecule has 6 nitrogen and oxygen atoms in total. The molecule has 0 saturated heterocycles. The van der Waals surface area contributed by atoms with Crippen molar-refractivity contribution in [2.24, 2.45) is 0 Å². The van der Waals surface area contributed by atoms with E-state index >= 15 is 0 Å². The number of hydrogen-bond acceptors (Lipinski definition) is 5. The minimum absolute atomic E-state index is 0.446. The number of fused-ring (bicyclic) bond motifs is 1. The van der Waals surface area contributed by atoms with E-state index < -0.39 is 0 Å². The zero-order valence-corrected chi connectivity index (χ0v) is 14.6. The van der Waals surface area contributed by atoms with Crippen molar-refractivity contribution in [2.45, 2.75) is 38.1 Å². The molecule has 3 heterocycles. The van der Waals surface area contributed by atoms with Crippen LogP contribution in [0.3, 0.4) is 0 Å². The van der Waals surface area contributed by atoms with Gasteiger partial charge in [-0.2, -0.15) is 0 Å². The maximum Gasteiger partial charge on any atom is 0.178 e. The molecule has 1 aliphatic rings. The first-order valence-corrected chi connectivity index (χ1v) is 9.02. The predicted molar refractivity (Wildman–Crippen MR) is 97.7 cm³/mol. The van der Waals surface area contributed by atoms with Crippen molar-refractivity contribution in [3.05, 3.63) is 30.7 Å². The number of anilines is 1. The second kappa shape index (κ2) is 7.27. The molecule has 1 aliphatic carbocycles. The minimum atomic E-state index is 0.446. The highest BCUT2D eigenvalue weighted by molar-refractivity contribution is 5.88. The molecule has 0 atom stereocenters. The number of rotatable bonds is 7. The molecular formula is C19H24N4O2. The van der Waals surface area contributed by atoms with E-state index in [4.69, 9.17) is 14.1 Å². The molecule has 0 bridgehead atoms. The summed E-state index contributed by atoms with van der Waals surface area (Å²) in [6, 6.07) is 6.32. The third-order valence-electron chi connectivity index (χ3n) is 4.85. The highest BCUT2D eigenvalue weighted by atomic mass is 16.5. The molecule has 0 unspecified atom stereocenters. The van der Waals surface area contributed by atoms with Gasteiger partial charge in [0.15, 0.2) is 17.2 Å². The Balaban J connectivity index is 1.76. The van der Waals surface area contributed by atoms with E-state index in [9.17, 15) is 0 Å². The lowest BCUT2D eigenvalue weighted by atomic mass is 10.2. The molecule has 3 aromatic heterocycles. The largest absolute Gasteiger partial charge is 0.461 e. The van der Waals surface area contributed by atoms with E-state index in [-0.39, 0.29) is 0 Å². The molecule has 3 aromatic rings. The third kappa shape index (κ3) is 3.14. The van der Waals surface area contributed by atoms with Crippen LogP contribution in [-0.4, -0.2) is 34.8 Å². The number of methoxy groups -OCH3 is 1. The van der Waals surface area contributed by atoms with Crippen LogP contribution < -0.4 is 5.32 Å². The van der Waals surface area contributed by atoms with Crippen molar-refractivity contribution in [2.75, 3.05) is 25.6 Å². The summed E-state index contributed by atoms with van der Waals surface area (Å²) < 4.78 is 13.1. The number of nitrogens with zero attached hydrogens (tertiary/aromatic N) is 3. The normalized spacial score (nSPS) is 15.2. The van der Waals surface area contributed by atoms with Crippen molar-refractivity contribution in [1.82, 2.24) is 14.5 Å². The van der Waals surface area contributed by atoms with Gasteiger partial charge in [-0.25, -0.2) is 9.97 Å². The first-order valence-electron chi connectivity index (χ1n) is 9.02. The molecule has 0 spiro atoms. The van der Waals surface area contributed by atoms with Gasteiger partial charge in [-0.3, -0.25) is 0 Å². The zero-order valence-electron chi connectivity index (χ0n) is 14.6. The fourth-order valence-corrected chi connectivity index (χ4v) is 3.66. The fraction of sp³-hybridized carbons (Fsp3) is 0.474. The van der Waals surface area contributed by atoms with Crippen molar-refractivity contribution in [1.29, 1.82) is 0 Å². The smallest absolute Gasteiger partial charge is 0.178 e. The van der Waals surface area contributed by atoms with E-state index in [0.29, 0.717) is 6.04 Å². The minimum Gasteiger partial charge on any atom is -0.461 e. The molecule has 6 heteroatoms. The maximum absolute atomic E-state index is 5.65. The highest BCUT2D eigenvalue weighted by Gasteiger charge is 2.26. The van der Waals surface area contributed by atoms with Crippen LogP contribution in [-0.2, 0) is 4.74 Å². The van der Waals surface area contributed by atoms with Gasteiger partial charge in [0.2, 0.25) is 0 Å². The second-order valence-corrected chi connectivity index (χ2v) is 6.52. The lowest BCUT2D eigenvalue weighted by Crippen LogP contribution is -2.08. The van der Waals surface area contributed by atoms with Gasteiger partial charge < -0.3 is 19.0 Å². The van der Waals surface area contributed by atoms with Crippen LogP contribution >= 0.6 is 0 Å². The molecule has 1 N–H and O–H groups in total. The Morgan fingerprint density at radius 2 is 2.20 bits per heavy atom. The summed E-state index contributed by atoms with van der Waals surface area (Å²) in [5, 5.41) is 3.47. The number of ether oxygens (including phenoxy) is 1.